The summed E-state index contributed by atoms with van der Waals surface area (Å²) in [4.78, 5) is 17.0. The van der Waals surface area contributed by atoms with Crippen molar-refractivity contribution in [2.24, 2.45) is 0 Å². The van der Waals surface area contributed by atoms with Gasteiger partial charge >= 0.3 is 0 Å². The van der Waals surface area contributed by atoms with Crippen LogP contribution in [0, 0.1) is 6.92 Å². The van der Waals surface area contributed by atoms with E-state index < -0.39 is 0 Å². The number of hydrogen-bond acceptors (Lipinski definition) is 7. The quantitative estimate of drug-likeness (QED) is 0.417. The molecule has 0 unspecified atom stereocenters. The van der Waals surface area contributed by atoms with E-state index in [4.69, 9.17) is 18.6 Å². The molecule has 4 aromatic rings. The molecule has 3 heterocycles. The van der Waals surface area contributed by atoms with Crippen molar-refractivity contribution in [2.45, 2.75) is 20.0 Å². The summed E-state index contributed by atoms with van der Waals surface area (Å²) in [6, 6.07) is 13.3. The van der Waals surface area contributed by atoms with Crippen LogP contribution in [0.15, 0.2) is 57.1 Å². The number of methoxy groups -OCH3 is 2. The first kappa shape index (κ1) is 20.6. The summed E-state index contributed by atoms with van der Waals surface area (Å²) in [7, 11) is 3.16. The van der Waals surface area contributed by atoms with Crippen molar-refractivity contribution in [1.82, 2.24) is 4.90 Å². The van der Waals surface area contributed by atoms with Gasteiger partial charge in [-0.2, -0.15) is 0 Å². The van der Waals surface area contributed by atoms with Crippen molar-refractivity contribution in [2.75, 3.05) is 21.0 Å². The maximum atomic E-state index is 13.5. The van der Waals surface area contributed by atoms with Crippen LogP contribution in [0.3, 0.4) is 0 Å². The maximum Gasteiger partial charge on any atom is 0.200 e. The topological polar surface area (TPSA) is 61.1 Å². The van der Waals surface area contributed by atoms with E-state index in [1.807, 2.05) is 25.1 Å². The lowest BCUT2D eigenvalue weighted by molar-refractivity contribution is 0.0899. The average molecular weight is 450 g/mol. The summed E-state index contributed by atoms with van der Waals surface area (Å²) < 4.78 is 23.0. The van der Waals surface area contributed by atoms with Gasteiger partial charge in [0.25, 0.3) is 0 Å². The molecule has 2 aromatic heterocycles. The van der Waals surface area contributed by atoms with Crippen LogP contribution in [0.5, 0.6) is 17.2 Å². The Bertz CT molecular complexity index is 1340. The molecular weight excluding hydrogens is 426 g/mol. The van der Waals surface area contributed by atoms with E-state index in [-0.39, 0.29) is 5.43 Å². The fourth-order valence-electron chi connectivity index (χ4n) is 4.17. The van der Waals surface area contributed by atoms with Crippen LogP contribution in [0.2, 0.25) is 0 Å². The van der Waals surface area contributed by atoms with Crippen LogP contribution in [0.4, 0.5) is 0 Å². The van der Waals surface area contributed by atoms with E-state index in [9.17, 15) is 4.79 Å². The maximum absolute atomic E-state index is 13.5. The fraction of sp³-hybridized carbons (Fsp3) is 0.240. The van der Waals surface area contributed by atoms with Crippen molar-refractivity contribution in [1.29, 1.82) is 0 Å². The molecule has 0 spiro atoms. The van der Waals surface area contributed by atoms with Crippen molar-refractivity contribution in [3.63, 3.8) is 0 Å². The Morgan fingerprint density at radius 1 is 1.09 bits per heavy atom. The molecule has 5 rings (SSSR count). The Balaban J connectivity index is 1.59. The van der Waals surface area contributed by atoms with Crippen LogP contribution in [0.1, 0.15) is 16.2 Å². The highest BCUT2D eigenvalue weighted by Crippen LogP contribution is 2.36. The zero-order chi connectivity index (χ0) is 22.2. The van der Waals surface area contributed by atoms with Gasteiger partial charge in [0.2, 0.25) is 5.43 Å². The van der Waals surface area contributed by atoms with E-state index in [0.29, 0.717) is 47.1 Å². The van der Waals surface area contributed by atoms with E-state index >= 15 is 0 Å². The minimum Gasteiger partial charge on any atom is -0.493 e. The molecule has 7 heteroatoms. The molecular formula is C25H23NO5S. The van der Waals surface area contributed by atoms with Crippen LogP contribution < -0.4 is 19.6 Å². The predicted molar refractivity (Wildman–Crippen MR) is 125 cm³/mol. The number of fused-ring (bicyclic) bond motifs is 3. The van der Waals surface area contributed by atoms with Crippen LogP contribution >= 0.6 is 11.3 Å². The number of aryl methyl sites for hydroxylation is 1. The van der Waals surface area contributed by atoms with Crippen molar-refractivity contribution < 1.29 is 18.6 Å². The van der Waals surface area contributed by atoms with Gasteiger partial charge in [0.15, 0.2) is 11.5 Å². The van der Waals surface area contributed by atoms with Crippen molar-refractivity contribution in [3.05, 3.63) is 74.3 Å². The Hall–Kier alpha value is -3.29. The molecule has 0 atom stereocenters. The van der Waals surface area contributed by atoms with E-state index in [0.717, 1.165) is 23.4 Å². The molecule has 0 fully saturated rings. The number of nitrogens with zero attached hydrogens (tertiary/aromatic N) is 1. The molecule has 0 saturated heterocycles. The molecule has 1 aliphatic rings. The number of ether oxygens (including phenoxy) is 3. The van der Waals surface area contributed by atoms with Gasteiger partial charge in [0.1, 0.15) is 23.8 Å². The second kappa shape index (κ2) is 8.33. The predicted octanol–water partition coefficient (Wildman–Crippen LogP) is 5.20. The average Bonchev–Trinajstić information content (AvgIpc) is 3.32. The summed E-state index contributed by atoms with van der Waals surface area (Å²) >= 11 is 1.72. The summed E-state index contributed by atoms with van der Waals surface area (Å²) in [5, 5.41) is 2.61. The third kappa shape index (κ3) is 3.53. The lowest BCUT2D eigenvalue weighted by Gasteiger charge is -2.29. The normalized spacial score (nSPS) is 13.6. The first-order valence-corrected chi connectivity index (χ1v) is 11.2. The monoisotopic (exact) mass is 449 g/mol. The lowest BCUT2D eigenvalue weighted by Crippen LogP contribution is -2.31. The van der Waals surface area contributed by atoms with Gasteiger partial charge in [0, 0.05) is 18.0 Å². The third-order valence-electron chi connectivity index (χ3n) is 5.71. The molecule has 1 aliphatic heterocycles. The second-order valence-corrected chi connectivity index (χ2v) is 8.72. The van der Waals surface area contributed by atoms with Gasteiger partial charge < -0.3 is 18.6 Å². The van der Waals surface area contributed by atoms with Gasteiger partial charge in [0.05, 0.1) is 30.7 Å². The molecule has 0 saturated carbocycles. The van der Waals surface area contributed by atoms with Gasteiger partial charge in [-0.1, -0.05) is 12.1 Å². The van der Waals surface area contributed by atoms with Gasteiger partial charge in [-0.3, -0.25) is 9.69 Å². The van der Waals surface area contributed by atoms with E-state index in [1.165, 1.54) is 4.88 Å². The minimum atomic E-state index is -0.0749. The lowest BCUT2D eigenvalue weighted by atomic mass is 10.00. The second-order valence-electron chi connectivity index (χ2n) is 7.69. The zero-order valence-electron chi connectivity index (χ0n) is 18.1. The third-order valence-corrected chi connectivity index (χ3v) is 6.57. The van der Waals surface area contributed by atoms with Gasteiger partial charge in [-0.25, -0.2) is 0 Å². The highest BCUT2D eigenvalue weighted by atomic mass is 32.1. The summed E-state index contributed by atoms with van der Waals surface area (Å²) in [6.07, 6.45) is 0. The summed E-state index contributed by atoms with van der Waals surface area (Å²) in [5.41, 5.74) is 2.67. The van der Waals surface area contributed by atoms with Gasteiger partial charge in [-0.15, -0.1) is 11.3 Å². The molecule has 0 bridgehead atoms. The zero-order valence-corrected chi connectivity index (χ0v) is 19.0. The number of rotatable bonds is 5. The van der Waals surface area contributed by atoms with E-state index in [2.05, 4.69) is 16.3 Å². The molecule has 32 heavy (non-hydrogen) atoms. The van der Waals surface area contributed by atoms with Crippen molar-refractivity contribution in [3.8, 4) is 28.4 Å². The molecule has 0 N–H and O–H groups in total. The van der Waals surface area contributed by atoms with Crippen LogP contribution in [-0.4, -0.2) is 25.9 Å². The molecule has 0 radical (unpaired) electrons. The van der Waals surface area contributed by atoms with E-state index in [1.54, 1.807) is 43.8 Å². The van der Waals surface area contributed by atoms with Gasteiger partial charge in [-0.05, 0) is 48.2 Å². The SMILES string of the molecule is COc1ccc(-c2c(C)oc3c4c(ccc3c2=O)OCN(Cc2cccs2)C4)cc1OC. The fourth-order valence-corrected chi connectivity index (χ4v) is 4.92. The number of benzene rings is 2. The standard InChI is InChI=1S/C25H23NO5S/c1-15-23(16-6-8-21(28-2)22(11-16)29-3)24(27)18-7-9-20-19(25(18)31-15)13-26(14-30-20)12-17-5-4-10-32-17/h4-11H,12-14H2,1-3H3. The highest BCUT2D eigenvalue weighted by Gasteiger charge is 2.24. The Kier molecular flexibility index (Phi) is 5.36. The Morgan fingerprint density at radius 2 is 1.94 bits per heavy atom. The molecule has 0 amide bonds. The first-order chi connectivity index (χ1) is 15.6. The molecule has 2 aromatic carbocycles. The summed E-state index contributed by atoms with van der Waals surface area (Å²) in [5.74, 6) is 2.49. The Labute approximate surface area is 189 Å². The van der Waals surface area contributed by atoms with Crippen LogP contribution in [0.25, 0.3) is 22.1 Å². The first-order valence-electron chi connectivity index (χ1n) is 10.3. The molecule has 0 aliphatic carbocycles. The smallest absolute Gasteiger partial charge is 0.200 e. The summed E-state index contributed by atoms with van der Waals surface area (Å²) in [6.45, 7) is 3.77. The molecule has 164 valence electrons. The van der Waals surface area contributed by atoms with Crippen LogP contribution in [-0.2, 0) is 13.1 Å². The highest BCUT2D eigenvalue weighted by molar-refractivity contribution is 7.09. The largest absolute Gasteiger partial charge is 0.493 e. The van der Waals surface area contributed by atoms with Crippen molar-refractivity contribution >= 4 is 22.3 Å². The Morgan fingerprint density at radius 3 is 2.69 bits per heavy atom. The minimum absolute atomic E-state index is 0.0749. The molecule has 6 nitrogen and oxygen atoms in total. The number of hydrogen-bond donors (Lipinski definition) is 0. The number of thiophene rings is 1.